The third-order valence-corrected chi connectivity index (χ3v) is 3.53. The molecule has 0 aromatic heterocycles. The zero-order valence-corrected chi connectivity index (χ0v) is 7.95. The first-order chi connectivity index (χ1) is 6.31. The Labute approximate surface area is 79.2 Å². The van der Waals surface area contributed by atoms with Crippen molar-refractivity contribution < 1.29 is 10.2 Å². The van der Waals surface area contributed by atoms with E-state index in [2.05, 4.69) is 5.32 Å². The average molecular weight is 185 g/mol. The minimum absolute atomic E-state index is 0.187. The number of rotatable bonds is 1. The van der Waals surface area contributed by atoms with E-state index in [0.29, 0.717) is 5.92 Å². The van der Waals surface area contributed by atoms with Crippen LogP contribution >= 0.6 is 0 Å². The number of fused-ring (bicyclic) bond motifs is 1. The standard InChI is InChI=1S/C10H19NO2/c12-6-8-5-4-7-2-1-3-9(13)10(7)11-8/h7-13H,1-6H2. The number of hydrogen-bond acceptors (Lipinski definition) is 3. The fourth-order valence-electron chi connectivity index (χ4n) is 2.75. The first kappa shape index (κ1) is 9.44. The van der Waals surface area contributed by atoms with Gasteiger partial charge in [0.1, 0.15) is 0 Å². The summed E-state index contributed by atoms with van der Waals surface area (Å²) in [6.45, 7) is 0.204. The summed E-state index contributed by atoms with van der Waals surface area (Å²) in [5, 5.41) is 22.2. The molecule has 4 unspecified atom stereocenters. The van der Waals surface area contributed by atoms with Crippen LogP contribution in [-0.2, 0) is 0 Å². The Hall–Kier alpha value is -0.120. The van der Waals surface area contributed by atoms with Gasteiger partial charge in [-0.15, -0.1) is 0 Å². The molecule has 76 valence electrons. The maximum absolute atomic E-state index is 9.77. The second kappa shape index (κ2) is 3.95. The van der Waals surface area contributed by atoms with Crippen LogP contribution in [0, 0.1) is 5.92 Å². The van der Waals surface area contributed by atoms with Crippen molar-refractivity contribution >= 4 is 0 Å². The first-order valence-corrected chi connectivity index (χ1v) is 5.36. The van der Waals surface area contributed by atoms with Gasteiger partial charge in [-0.05, 0) is 31.6 Å². The van der Waals surface area contributed by atoms with Gasteiger partial charge in [0.15, 0.2) is 0 Å². The van der Waals surface area contributed by atoms with Gasteiger partial charge in [0, 0.05) is 12.1 Å². The van der Waals surface area contributed by atoms with Crippen LogP contribution in [0.4, 0.5) is 0 Å². The van der Waals surface area contributed by atoms with E-state index >= 15 is 0 Å². The SMILES string of the molecule is OCC1CCC2CCCC(O)C2N1. The van der Waals surface area contributed by atoms with Crippen molar-refractivity contribution in [3.8, 4) is 0 Å². The van der Waals surface area contributed by atoms with Crippen molar-refractivity contribution in [3.05, 3.63) is 0 Å². The summed E-state index contributed by atoms with van der Waals surface area (Å²) in [6.07, 6.45) is 5.37. The highest BCUT2D eigenvalue weighted by Crippen LogP contribution is 2.32. The maximum Gasteiger partial charge on any atom is 0.0696 e. The molecule has 1 heterocycles. The number of nitrogens with one attached hydrogen (secondary N) is 1. The van der Waals surface area contributed by atoms with E-state index in [1.54, 1.807) is 0 Å². The van der Waals surface area contributed by atoms with E-state index in [1.807, 2.05) is 0 Å². The van der Waals surface area contributed by atoms with Crippen molar-refractivity contribution in [3.63, 3.8) is 0 Å². The topological polar surface area (TPSA) is 52.5 Å². The molecule has 2 fully saturated rings. The van der Waals surface area contributed by atoms with Crippen LogP contribution in [-0.4, -0.2) is 35.0 Å². The predicted octanol–water partition coefficient (Wildman–Crippen LogP) is 0.260. The normalized spacial score (nSPS) is 45.7. The summed E-state index contributed by atoms with van der Waals surface area (Å²) in [6, 6.07) is 0.466. The van der Waals surface area contributed by atoms with Gasteiger partial charge >= 0.3 is 0 Å². The highest BCUT2D eigenvalue weighted by atomic mass is 16.3. The minimum Gasteiger partial charge on any atom is -0.395 e. The van der Waals surface area contributed by atoms with Gasteiger partial charge in [0.25, 0.3) is 0 Å². The molecule has 1 saturated heterocycles. The quantitative estimate of drug-likeness (QED) is 0.549. The number of piperidine rings is 1. The highest BCUT2D eigenvalue weighted by molar-refractivity contribution is 4.93. The summed E-state index contributed by atoms with van der Waals surface area (Å²) >= 11 is 0. The van der Waals surface area contributed by atoms with Crippen molar-refractivity contribution in [2.45, 2.75) is 50.3 Å². The smallest absolute Gasteiger partial charge is 0.0696 e. The van der Waals surface area contributed by atoms with Crippen LogP contribution in [0.3, 0.4) is 0 Å². The minimum atomic E-state index is -0.187. The Bertz CT molecular complexity index is 174. The van der Waals surface area contributed by atoms with E-state index in [4.69, 9.17) is 5.11 Å². The predicted molar refractivity (Wildman–Crippen MR) is 50.4 cm³/mol. The maximum atomic E-state index is 9.77. The van der Waals surface area contributed by atoms with Crippen LogP contribution in [0.15, 0.2) is 0 Å². The molecule has 0 bridgehead atoms. The third kappa shape index (κ3) is 1.87. The zero-order chi connectivity index (χ0) is 9.26. The van der Waals surface area contributed by atoms with Crippen LogP contribution in [0.2, 0.25) is 0 Å². The van der Waals surface area contributed by atoms with Gasteiger partial charge in [0.2, 0.25) is 0 Å². The number of aliphatic hydroxyl groups excluding tert-OH is 2. The van der Waals surface area contributed by atoms with Gasteiger partial charge in [0.05, 0.1) is 12.7 Å². The molecule has 0 aromatic carbocycles. The van der Waals surface area contributed by atoms with Crippen LogP contribution < -0.4 is 5.32 Å². The molecule has 0 amide bonds. The average Bonchev–Trinajstić information content (AvgIpc) is 2.18. The van der Waals surface area contributed by atoms with Gasteiger partial charge in [-0.2, -0.15) is 0 Å². The lowest BCUT2D eigenvalue weighted by Crippen LogP contribution is -2.56. The first-order valence-electron chi connectivity index (χ1n) is 5.36. The monoisotopic (exact) mass is 185 g/mol. The van der Waals surface area contributed by atoms with E-state index in [-0.39, 0.29) is 24.8 Å². The Morgan fingerprint density at radius 2 is 2.00 bits per heavy atom. The second-order valence-corrected chi connectivity index (χ2v) is 4.41. The molecule has 2 rings (SSSR count). The van der Waals surface area contributed by atoms with Crippen molar-refractivity contribution in [1.82, 2.24) is 5.32 Å². The Balaban J connectivity index is 1.97. The summed E-state index contributed by atoms with van der Waals surface area (Å²) < 4.78 is 0. The van der Waals surface area contributed by atoms with Crippen LogP contribution in [0.1, 0.15) is 32.1 Å². The molecule has 13 heavy (non-hydrogen) atoms. The molecule has 0 radical (unpaired) electrons. The molecule has 1 aliphatic carbocycles. The number of aliphatic hydroxyl groups is 2. The van der Waals surface area contributed by atoms with Gasteiger partial charge in [-0.1, -0.05) is 6.42 Å². The lowest BCUT2D eigenvalue weighted by Gasteiger charge is -2.42. The highest BCUT2D eigenvalue weighted by Gasteiger charge is 2.36. The summed E-state index contributed by atoms with van der Waals surface area (Å²) in [4.78, 5) is 0. The van der Waals surface area contributed by atoms with Crippen molar-refractivity contribution in [2.24, 2.45) is 5.92 Å². The summed E-state index contributed by atoms with van der Waals surface area (Å²) in [5.74, 6) is 0.645. The fraction of sp³-hybridized carbons (Fsp3) is 1.00. The molecule has 2 aliphatic rings. The zero-order valence-electron chi connectivity index (χ0n) is 7.95. The largest absolute Gasteiger partial charge is 0.395 e. The lowest BCUT2D eigenvalue weighted by atomic mass is 9.76. The third-order valence-electron chi connectivity index (χ3n) is 3.53. The van der Waals surface area contributed by atoms with Crippen molar-refractivity contribution in [1.29, 1.82) is 0 Å². The molecule has 1 aliphatic heterocycles. The second-order valence-electron chi connectivity index (χ2n) is 4.41. The molecule has 3 heteroatoms. The van der Waals surface area contributed by atoms with Gasteiger partial charge < -0.3 is 15.5 Å². The summed E-state index contributed by atoms with van der Waals surface area (Å²) in [7, 11) is 0. The Kier molecular flexibility index (Phi) is 2.86. The van der Waals surface area contributed by atoms with E-state index in [9.17, 15) is 5.11 Å². The fourth-order valence-corrected chi connectivity index (χ4v) is 2.75. The molecule has 3 nitrogen and oxygen atoms in total. The van der Waals surface area contributed by atoms with E-state index in [1.165, 1.54) is 12.8 Å². The number of hydrogen-bond donors (Lipinski definition) is 3. The molecule has 0 aromatic rings. The lowest BCUT2D eigenvalue weighted by molar-refractivity contribution is 0.0225. The van der Waals surface area contributed by atoms with Gasteiger partial charge in [-0.3, -0.25) is 0 Å². The molecule has 1 saturated carbocycles. The van der Waals surface area contributed by atoms with Crippen LogP contribution in [0.25, 0.3) is 0 Å². The molecular weight excluding hydrogens is 166 g/mol. The molecule has 0 spiro atoms. The molecule has 4 atom stereocenters. The van der Waals surface area contributed by atoms with E-state index < -0.39 is 0 Å². The summed E-state index contributed by atoms with van der Waals surface area (Å²) in [5.41, 5.74) is 0. The molecule has 3 N–H and O–H groups in total. The Morgan fingerprint density at radius 3 is 2.77 bits per heavy atom. The van der Waals surface area contributed by atoms with E-state index in [0.717, 1.165) is 19.3 Å². The Morgan fingerprint density at radius 1 is 1.15 bits per heavy atom. The molecular formula is C10H19NO2. The van der Waals surface area contributed by atoms with Crippen LogP contribution in [0.5, 0.6) is 0 Å². The van der Waals surface area contributed by atoms with Crippen molar-refractivity contribution in [2.75, 3.05) is 6.61 Å². The van der Waals surface area contributed by atoms with Gasteiger partial charge in [-0.25, -0.2) is 0 Å².